The van der Waals surface area contributed by atoms with Crippen molar-refractivity contribution in [3.05, 3.63) is 28.8 Å². The van der Waals surface area contributed by atoms with E-state index in [-0.39, 0.29) is 41.7 Å². The summed E-state index contributed by atoms with van der Waals surface area (Å²) >= 11 is 6.08. The first kappa shape index (κ1) is 13.1. The Morgan fingerprint density at radius 3 is 2.95 bits per heavy atom. The molecule has 2 aliphatic carbocycles. The van der Waals surface area contributed by atoms with Crippen molar-refractivity contribution in [2.24, 2.45) is 23.7 Å². The smallest absolute Gasteiger partial charge is 0.310 e. The first-order valence-electron chi connectivity index (χ1n) is 7.32. The highest BCUT2D eigenvalue weighted by molar-refractivity contribution is 6.31. The Morgan fingerprint density at radius 2 is 2.19 bits per heavy atom. The van der Waals surface area contributed by atoms with E-state index >= 15 is 0 Å². The lowest BCUT2D eigenvalue weighted by molar-refractivity contribution is -0.145. The van der Waals surface area contributed by atoms with Crippen molar-refractivity contribution in [3.63, 3.8) is 0 Å². The molecule has 2 saturated carbocycles. The summed E-state index contributed by atoms with van der Waals surface area (Å²) in [5, 5.41) is 3.53. The Bertz CT molecular complexity index is 642. The fraction of sp³-hybridized carbons (Fsp3) is 0.500. The highest BCUT2D eigenvalue weighted by Crippen LogP contribution is 2.57. The van der Waals surface area contributed by atoms with Crippen molar-refractivity contribution in [2.45, 2.75) is 25.9 Å². The number of aryl methyl sites for hydroxylation is 1. The molecule has 1 aromatic rings. The zero-order valence-corrected chi connectivity index (χ0v) is 12.4. The van der Waals surface area contributed by atoms with Crippen LogP contribution in [0.25, 0.3) is 0 Å². The molecule has 2 bridgehead atoms. The van der Waals surface area contributed by atoms with E-state index in [1.54, 1.807) is 6.07 Å². The summed E-state index contributed by atoms with van der Waals surface area (Å²) in [5.74, 6) is -0.231. The second-order valence-electron chi connectivity index (χ2n) is 6.38. The van der Waals surface area contributed by atoms with Crippen LogP contribution in [0.5, 0.6) is 0 Å². The maximum atomic E-state index is 12.6. The molecule has 4 nitrogen and oxygen atoms in total. The van der Waals surface area contributed by atoms with Crippen molar-refractivity contribution in [1.29, 1.82) is 0 Å². The molecule has 1 saturated heterocycles. The number of hydrogen-bond acceptors (Lipinski definition) is 3. The minimum Gasteiger partial charge on any atom is -0.462 e. The number of anilines is 1. The Kier molecular flexibility index (Phi) is 2.80. The van der Waals surface area contributed by atoms with Crippen molar-refractivity contribution >= 4 is 29.2 Å². The van der Waals surface area contributed by atoms with E-state index in [1.807, 2.05) is 19.1 Å². The van der Waals surface area contributed by atoms with Crippen LogP contribution in [-0.4, -0.2) is 18.0 Å². The van der Waals surface area contributed by atoms with Gasteiger partial charge in [0.2, 0.25) is 5.91 Å². The van der Waals surface area contributed by atoms with Crippen molar-refractivity contribution < 1.29 is 14.3 Å². The summed E-state index contributed by atoms with van der Waals surface area (Å²) in [7, 11) is 0. The van der Waals surface area contributed by atoms with Gasteiger partial charge in [0.25, 0.3) is 0 Å². The van der Waals surface area contributed by atoms with Gasteiger partial charge in [-0.15, -0.1) is 0 Å². The molecule has 1 N–H and O–H groups in total. The zero-order chi connectivity index (χ0) is 14.7. The fourth-order valence-corrected chi connectivity index (χ4v) is 4.44. The molecule has 0 aromatic heterocycles. The molecule has 1 amide bonds. The summed E-state index contributed by atoms with van der Waals surface area (Å²) in [6.45, 7) is 1.92. The van der Waals surface area contributed by atoms with Crippen LogP contribution in [0.3, 0.4) is 0 Å². The van der Waals surface area contributed by atoms with Gasteiger partial charge < -0.3 is 10.1 Å². The number of amides is 1. The molecular formula is C16H16ClNO3. The quantitative estimate of drug-likeness (QED) is 0.855. The van der Waals surface area contributed by atoms with E-state index in [1.165, 1.54) is 0 Å². The van der Waals surface area contributed by atoms with Gasteiger partial charge in [-0.2, -0.15) is 0 Å². The largest absolute Gasteiger partial charge is 0.462 e. The van der Waals surface area contributed by atoms with Gasteiger partial charge in [-0.25, -0.2) is 0 Å². The van der Waals surface area contributed by atoms with Crippen molar-refractivity contribution in [1.82, 2.24) is 0 Å². The minimum absolute atomic E-state index is 0.0605. The third kappa shape index (κ3) is 1.89. The number of carbonyl (C=O) groups excluding carboxylic acids is 2. The maximum Gasteiger partial charge on any atom is 0.310 e. The van der Waals surface area contributed by atoms with Gasteiger partial charge in [0, 0.05) is 16.6 Å². The first-order valence-corrected chi connectivity index (χ1v) is 7.70. The van der Waals surface area contributed by atoms with E-state index in [4.69, 9.17) is 16.3 Å². The van der Waals surface area contributed by atoms with Crippen LogP contribution in [0.2, 0.25) is 5.02 Å². The van der Waals surface area contributed by atoms with E-state index < -0.39 is 0 Å². The Morgan fingerprint density at radius 1 is 1.38 bits per heavy atom. The minimum atomic E-state index is -0.249. The highest BCUT2D eigenvalue weighted by Gasteiger charge is 2.63. The van der Waals surface area contributed by atoms with Gasteiger partial charge >= 0.3 is 5.97 Å². The van der Waals surface area contributed by atoms with E-state index in [0.29, 0.717) is 10.7 Å². The fourth-order valence-electron chi connectivity index (χ4n) is 4.26. The van der Waals surface area contributed by atoms with Gasteiger partial charge in [-0.3, -0.25) is 9.59 Å². The van der Waals surface area contributed by atoms with Gasteiger partial charge in [-0.1, -0.05) is 17.7 Å². The number of carbonyl (C=O) groups is 2. The predicted octanol–water partition coefficient (Wildman–Crippen LogP) is 2.78. The topological polar surface area (TPSA) is 55.4 Å². The normalized spacial score (nSPS) is 35.9. The molecule has 0 unspecified atom stereocenters. The molecule has 110 valence electrons. The molecule has 1 heterocycles. The summed E-state index contributed by atoms with van der Waals surface area (Å²) in [5.41, 5.74) is 1.65. The van der Waals surface area contributed by atoms with Gasteiger partial charge in [0.1, 0.15) is 6.10 Å². The SMILES string of the molecule is Cc1ccc(NC(=O)[C@@H]2[C@@H]3C[C@H]4[C@@H]2C(=O)O[C@@H]4C3)cc1Cl. The summed E-state index contributed by atoms with van der Waals surface area (Å²) in [4.78, 5) is 24.5. The van der Waals surface area contributed by atoms with Gasteiger partial charge in [-0.05, 0) is 43.4 Å². The Labute approximate surface area is 127 Å². The van der Waals surface area contributed by atoms with Crippen LogP contribution in [0.15, 0.2) is 18.2 Å². The Hall–Kier alpha value is -1.55. The van der Waals surface area contributed by atoms with Crippen LogP contribution >= 0.6 is 11.6 Å². The molecule has 1 aliphatic heterocycles. The third-order valence-corrected chi connectivity index (χ3v) is 5.63. The average Bonchev–Trinajstić information content (AvgIpc) is 3.04. The lowest BCUT2D eigenvalue weighted by Gasteiger charge is -2.23. The molecule has 21 heavy (non-hydrogen) atoms. The van der Waals surface area contributed by atoms with Crippen LogP contribution in [0, 0.1) is 30.6 Å². The van der Waals surface area contributed by atoms with Crippen LogP contribution in [-0.2, 0) is 14.3 Å². The summed E-state index contributed by atoms with van der Waals surface area (Å²) in [6, 6.07) is 5.46. The number of ether oxygens (including phenoxy) is 1. The maximum absolute atomic E-state index is 12.6. The second-order valence-corrected chi connectivity index (χ2v) is 6.78. The van der Waals surface area contributed by atoms with E-state index in [0.717, 1.165) is 18.4 Å². The molecule has 3 aliphatic rings. The number of halogens is 1. The monoisotopic (exact) mass is 305 g/mol. The van der Waals surface area contributed by atoms with Crippen molar-refractivity contribution in [2.75, 3.05) is 5.32 Å². The lowest BCUT2D eigenvalue weighted by atomic mass is 9.79. The summed E-state index contributed by atoms with van der Waals surface area (Å²) < 4.78 is 5.36. The Balaban J connectivity index is 1.55. The standard InChI is InChI=1S/C16H16ClNO3/c1-7-2-3-9(6-11(7)17)18-15(19)13-8-4-10-12(5-8)21-16(20)14(10)13/h2-3,6,8,10,12-14H,4-5H2,1H3,(H,18,19)/t8-,10-,12-,13-,14+/m1/s1. The number of fused-ring (bicyclic) bond motifs is 1. The van der Waals surface area contributed by atoms with Gasteiger partial charge in [0.15, 0.2) is 0 Å². The van der Waals surface area contributed by atoms with Crippen LogP contribution < -0.4 is 5.32 Å². The number of rotatable bonds is 2. The molecule has 0 spiro atoms. The lowest BCUT2D eigenvalue weighted by Crippen LogP contribution is -2.35. The number of esters is 1. The van der Waals surface area contributed by atoms with Gasteiger partial charge in [0.05, 0.1) is 11.8 Å². The summed E-state index contributed by atoms with van der Waals surface area (Å²) in [6.07, 6.45) is 1.83. The highest BCUT2D eigenvalue weighted by atomic mass is 35.5. The zero-order valence-electron chi connectivity index (χ0n) is 11.6. The molecule has 4 rings (SSSR count). The molecule has 5 heteroatoms. The first-order chi connectivity index (χ1) is 10.0. The predicted molar refractivity (Wildman–Crippen MR) is 77.9 cm³/mol. The van der Waals surface area contributed by atoms with Crippen LogP contribution in [0.4, 0.5) is 5.69 Å². The number of hydrogen-bond donors (Lipinski definition) is 1. The van der Waals surface area contributed by atoms with E-state index in [9.17, 15) is 9.59 Å². The third-order valence-electron chi connectivity index (χ3n) is 5.23. The molecule has 5 atom stereocenters. The van der Waals surface area contributed by atoms with Crippen LogP contribution in [0.1, 0.15) is 18.4 Å². The average molecular weight is 306 g/mol. The molecular weight excluding hydrogens is 290 g/mol. The number of nitrogens with one attached hydrogen (secondary N) is 1. The molecule has 0 radical (unpaired) electrons. The second kappa shape index (κ2) is 4.47. The molecule has 1 aromatic carbocycles. The van der Waals surface area contributed by atoms with E-state index in [2.05, 4.69) is 5.32 Å². The molecule has 3 fully saturated rings. The number of benzene rings is 1. The van der Waals surface area contributed by atoms with Crippen molar-refractivity contribution in [3.8, 4) is 0 Å².